The van der Waals surface area contributed by atoms with E-state index in [0.717, 1.165) is 0 Å². The third-order valence-electron chi connectivity index (χ3n) is 0.781. The molecule has 0 atom stereocenters. The first-order chi connectivity index (χ1) is 2.43. The van der Waals surface area contributed by atoms with Gasteiger partial charge in [0.1, 0.15) is 0 Å². The maximum absolute atomic E-state index is 6.47. The van der Waals surface area contributed by atoms with Crippen LogP contribution in [0.3, 0.4) is 0 Å². The van der Waals surface area contributed by atoms with Crippen LogP contribution in [0.25, 0.3) is 0 Å². The third kappa shape index (κ3) is 2.38. The van der Waals surface area contributed by atoms with Crippen molar-refractivity contribution in [2.45, 2.75) is 12.8 Å². The molecule has 1 fully saturated rings. The Hall–Kier alpha value is 1.20. The average Bonchev–Trinajstić information content (AvgIpc) is 2.12. The second-order valence-corrected chi connectivity index (χ2v) is 1.42. The van der Waals surface area contributed by atoms with Crippen molar-refractivity contribution in [3.63, 3.8) is 0 Å². The van der Waals surface area contributed by atoms with Gasteiger partial charge >= 0.3 is 51.4 Å². The summed E-state index contributed by atoms with van der Waals surface area (Å²) >= 11 is 0. The average molecular weight is 104 g/mol. The normalized spacial score (nSPS) is 17.8. The summed E-state index contributed by atoms with van der Waals surface area (Å²) in [5.74, 6) is 2.94. The molecular weight excluding hydrogens is 99.2 g/mol. The zero-order valence-corrected chi connectivity index (χ0v) is 7.11. The van der Waals surface area contributed by atoms with Crippen LogP contribution in [0.15, 0.2) is 0 Å². The predicted molar refractivity (Wildman–Crippen MR) is 19.9 cm³/mol. The molecule has 0 aliphatic heterocycles. The van der Waals surface area contributed by atoms with E-state index >= 15 is 0 Å². The summed E-state index contributed by atoms with van der Waals surface area (Å²) in [5, 5.41) is 0. The van der Waals surface area contributed by atoms with Crippen LogP contribution in [0.4, 0.5) is 0 Å². The summed E-state index contributed by atoms with van der Waals surface area (Å²) in [6.07, 6.45) is 8.89. The zero-order valence-electron chi connectivity index (χ0n) is 3.99. The van der Waals surface area contributed by atoms with Crippen LogP contribution < -0.4 is 51.4 Å². The first kappa shape index (κ1) is 7.20. The maximum atomic E-state index is 6.47. The Bertz CT molecular complexity index is 66.5. The van der Waals surface area contributed by atoms with E-state index in [9.17, 15) is 0 Å². The minimum absolute atomic E-state index is 0. The molecule has 0 spiro atoms. The fourth-order valence-corrected chi connectivity index (χ4v) is 0.228. The minimum Gasteiger partial charge on any atom is -0.693 e. The summed E-state index contributed by atoms with van der Waals surface area (Å²) in [6.45, 7) is 0. The Balaban J connectivity index is 0.000000250. The van der Waals surface area contributed by atoms with Crippen molar-refractivity contribution < 1.29 is 51.4 Å². The van der Waals surface area contributed by atoms with Crippen LogP contribution in [0.1, 0.15) is 12.8 Å². The van der Waals surface area contributed by atoms with Gasteiger partial charge in [-0.2, -0.15) is 0 Å². The van der Waals surface area contributed by atoms with E-state index in [0.29, 0.717) is 5.92 Å². The molecule has 1 rings (SSSR count). The van der Waals surface area contributed by atoms with Crippen LogP contribution >= 0.6 is 0 Å². The van der Waals surface area contributed by atoms with E-state index in [-0.39, 0.29) is 51.4 Å². The molecule has 26 valence electrons. The summed E-state index contributed by atoms with van der Waals surface area (Å²) in [5.41, 5.74) is 0. The van der Waals surface area contributed by atoms with Gasteiger partial charge in [0.15, 0.2) is 0 Å². The van der Waals surface area contributed by atoms with Gasteiger partial charge in [0.2, 0.25) is 0 Å². The molecule has 0 radical (unpaired) electrons. The molecule has 0 N–H and O–H groups in total. The Kier molecular flexibility index (Phi) is 3.87. The molecule has 0 saturated heterocycles. The van der Waals surface area contributed by atoms with Gasteiger partial charge in [-0.05, 0) is 18.8 Å². The number of hydrogen-bond acceptors (Lipinski definition) is 0. The molecule has 0 aromatic heterocycles. The molecule has 0 bridgehead atoms. The quantitative estimate of drug-likeness (QED) is 0.189. The van der Waals surface area contributed by atoms with Crippen LogP contribution in [0.5, 0.6) is 0 Å². The molecule has 0 unspecified atom stereocenters. The van der Waals surface area contributed by atoms with Gasteiger partial charge in [-0.3, -0.25) is 0 Å². The molecule has 1 saturated carbocycles. The number of rotatable bonds is 0. The maximum Gasteiger partial charge on any atom is 1.00 e. The van der Waals surface area contributed by atoms with Crippen molar-refractivity contribution in [1.82, 2.24) is 0 Å². The van der Waals surface area contributed by atoms with Gasteiger partial charge in [0.25, 0.3) is 0 Å². The predicted octanol–water partition coefficient (Wildman–Crippen LogP) is -2.01. The molecule has 1 aliphatic carbocycles. The molecule has 0 amide bonds. The topological polar surface area (TPSA) is 0 Å². The zero-order chi connectivity index (χ0) is 3.70. The van der Waals surface area contributed by atoms with Crippen LogP contribution in [-0.4, -0.2) is 0 Å². The molecule has 1 aliphatic rings. The summed E-state index contributed by atoms with van der Waals surface area (Å²) in [7, 11) is 0. The van der Waals surface area contributed by atoms with Gasteiger partial charge in [-0.15, -0.1) is 0 Å². The summed E-state index contributed by atoms with van der Waals surface area (Å²) in [6, 6.07) is 0. The summed E-state index contributed by atoms with van der Waals surface area (Å²) in [4.78, 5) is 0. The molecular formula is C5H5K. The van der Waals surface area contributed by atoms with Crippen molar-refractivity contribution >= 4 is 0 Å². The Morgan fingerprint density at radius 3 is 2.00 bits per heavy atom. The van der Waals surface area contributed by atoms with E-state index in [1.54, 1.807) is 0 Å². The largest absolute Gasteiger partial charge is 1.00 e. The van der Waals surface area contributed by atoms with Crippen molar-refractivity contribution in [2.24, 2.45) is 5.92 Å². The van der Waals surface area contributed by atoms with E-state index in [2.05, 4.69) is 5.92 Å². The first-order valence-corrected chi connectivity index (χ1v) is 1.86. The number of hydrogen-bond donors (Lipinski definition) is 0. The second-order valence-electron chi connectivity index (χ2n) is 1.42. The monoisotopic (exact) mass is 104 g/mol. The second kappa shape index (κ2) is 3.23. The van der Waals surface area contributed by atoms with E-state index in [1.807, 2.05) is 0 Å². The Labute approximate surface area is 81.1 Å². The van der Waals surface area contributed by atoms with Gasteiger partial charge in [0.05, 0.1) is 0 Å². The molecule has 1 heteroatoms. The molecule has 0 aromatic rings. The fourth-order valence-electron chi connectivity index (χ4n) is 0.228. The van der Waals surface area contributed by atoms with Gasteiger partial charge < -0.3 is 12.3 Å². The van der Waals surface area contributed by atoms with Gasteiger partial charge in [-0.25, -0.2) is 0 Å². The van der Waals surface area contributed by atoms with Crippen molar-refractivity contribution in [3.05, 3.63) is 6.42 Å². The van der Waals surface area contributed by atoms with Gasteiger partial charge in [-0.1, -0.05) is 0 Å². The van der Waals surface area contributed by atoms with E-state index < -0.39 is 0 Å². The smallest absolute Gasteiger partial charge is 0.693 e. The molecule has 6 heavy (non-hydrogen) atoms. The van der Waals surface area contributed by atoms with Crippen LogP contribution in [-0.2, 0) is 0 Å². The van der Waals surface area contributed by atoms with Crippen LogP contribution in [0, 0.1) is 18.3 Å². The Morgan fingerprint density at radius 1 is 1.50 bits per heavy atom. The molecule has 0 heterocycles. The van der Waals surface area contributed by atoms with E-state index in [1.165, 1.54) is 12.8 Å². The fraction of sp³-hybridized carbons (Fsp3) is 0.600. The van der Waals surface area contributed by atoms with Gasteiger partial charge in [0, 0.05) is 0 Å². The summed E-state index contributed by atoms with van der Waals surface area (Å²) < 4.78 is 0. The van der Waals surface area contributed by atoms with Crippen LogP contribution in [0.2, 0.25) is 0 Å². The molecule has 0 aromatic carbocycles. The SMILES string of the molecule is [C-]#CC1CC1.[K+]. The standard InChI is InChI=1S/C5H5.K/c1-2-5-3-4-5;/h5H,3-4H2;/q-1;+1. The first-order valence-electron chi connectivity index (χ1n) is 1.86. The third-order valence-corrected chi connectivity index (χ3v) is 0.781. The Morgan fingerprint density at radius 2 is 2.00 bits per heavy atom. The van der Waals surface area contributed by atoms with Crippen molar-refractivity contribution in [2.75, 3.05) is 0 Å². The molecule has 0 nitrogen and oxygen atoms in total. The van der Waals surface area contributed by atoms with E-state index in [4.69, 9.17) is 6.42 Å². The van der Waals surface area contributed by atoms with Crippen molar-refractivity contribution in [1.29, 1.82) is 0 Å². The van der Waals surface area contributed by atoms with Crippen molar-refractivity contribution in [3.8, 4) is 5.92 Å². The minimum atomic E-state index is 0.